The van der Waals surface area contributed by atoms with Gasteiger partial charge in [0, 0.05) is 6.20 Å². The Morgan fingerprint density at radius 1 is 1.22 bits per heavy atom. The number of benzene rings is 1. The van der Waals surface area contributed by atoms with Crippen molar-refractivity contribution in [1.29, 1.82) is 0 Å². The lowest BCUT2D eigenvalue weighted by molar-refractivity contribution is 1.04. The summed E-state index contributed by atoms with van der Waals surface area (Å²) in [7, 11) is 0. The van der Waals surface area contributed by atoms with Crippen LogP contribution in [-0.4, -0.2) is 14.5 Å². The first-order valence-corrected chi connectivity index (χ1v) is 6.20. The van der Waals surface area contributed by atoms with Crippen LogP contribution in [0.1, 0.15) is 11.1 Å². The molecule has 0 aliphatic carbocycles. The molecule has 0 saturated heterocycles. The highest BCUT2D eigenvalue weighted by molar-refractivity contribution is 7.71. The number of aryl methyl sites for hydroxylation is 2. The molecule has 0 atom stereocenters. The fraction of sp³-hybridized carbons (Fsp3) is 0.143. The molecule has 1 N–H and O–H groups in total. The van der Waals surface area contributed by atoms with Gasteiger partial charge >= 0.3 is 0 Å². The van der Waals surface area contributed by atoms with Gasteiger partial charge in [-0.2, -0.15) is 0 Å². The number of nitrogens with zero attached hydrogens (tertiary/aromatic N) is 2. The molecule has 0 fully saturated rings. The van der Waals surface area contributed by atoms with E-state index >= 15 is 0 Å². The summed E-state index contributed by atoms with van der Waals surface area (Å²) in [6.45, 7) is 4.18. The highest BCUT2D eigenvalue weighted by Gasteiger charge is 2.08. The molecule has 90 valence electrons. The summed E-state index contributed by atoms with van der Waals surface area (Å²) >= 11 is 5.42. The van der Waals surface area contributed by atoms with E-state index in [2.05, 4.69) is 46.6 Å². The van der Waals surface area contributed by atoms with Gasteiger partial charge in [0.15, 0.2) is 4.77 Å². The predicted molar refractivity (Wildman–Crippen MR) is 75.7 cm³/mol. The van der Waals surface area contributed by atoms with Gasteiger partial charge in [0.2, 0.25) is 0 Å². The summed E-state index contributed by atoms with van der Waals surface area (Å²) < 4.78 is 2.76. The Balaban J connectivity index is 2.41. The van der Waals surface area contributed by atoms with Crippen molar-refractivity contribution in [2.45, 2.75) is 13.8 Å². The van der Waals surface area contributed by atoms with Crippen LogP contribution < -0.4 is 0 Å². The van der Waals surface area contributed by atoms with Crippen LogP contribution in [0.4, 0.5) is 0 Å². The smallest absolute Gasteiger partial charge is 0.182 e. The van der Waals surface area contributed by atoms with Gasteiger partial charge in [0.05, 0.1) is 22.9 Å². The Bertz CT molecular complexity index is 783. The standard InChI is InChI=1S/C14H13N3S/c1-9-3-4-10(2)13(7-9)17-12-5-6-15-8-11(12)16-14(17)18/h3-8H,1-2H3,(H,16,18). The maximum absolute atomic E-state index is 5.42. The minimum absolute atomic E-state index is 0.701. The first-order valence-electron chi connectivity index (χ1n) is 5.79. The molecule has 0 radical (unpaired) electrons. The number of hydrogen-bond donors (Lipinski definition) is 1. The lowest BCUT2D eigenvalue weighted by atomic mass is 10.1. The number of aromatic nitrogens is 3. The van der Waals surface area contributed by atoms with Crippen LogP contribution in [0.25, 0.3) is 16.7 Å². The number of pyridine rings is 1. The Morgan fingerprint density at radius 3 is 2.89 bits per heavy atom. The van der Waals surface area contributed by atoms with Crippen molar-refractivity contribution in [1.82, 2.24) is 14.5 Å². The van der Waals surface area contributed by atoms with E-state index in [0.717, 1.165) is 16.7 Å². The molecule has 2 aromatic heterocycles. The van der Waals surface area contributed by atoms with Gasteiger partial charge in [0.25, 0.3) is 0 Å². The van der Waals surface area contributed by atoms with Gasteiger partial charge in [-0.05, 0) is 49.3 Å². The van der Waals surface area contributed by atoms with Crippen LogP contribution in [0.2, 0.25) is 0 Å². The highest BCUT2D eigenvalue weighted by Crippen LogP contribution is 2.22. The molecule has 3 aromatic rings. The summed E-state index contributed by atoms with van der Waals surface area (Å²) in [5.41, 5.74) is 5.57. The Labute approximate surface area is 110 Å². The van der Waals surface area contributed by atoms with Crippen molar-refractivity contribution in [2.24, 2.45) is 0 Å². The molecule has 0 unspecified atom stereocenters. The van der Waals surface area contributed by atoms with Crippen molar-refractivity contribution in [3.8, 4) is 5.69 Å². The third-order valence-corrected chi connectivity index (χ3v) is 3.37. The van der Waals surface area contributed by atoms with Crippen LogP contribution in [0, 0.1) is 18.6 Å². The molecule has 0 saturated carbocycles. The third-order valence-electron chi connectivity index (χ3n) is 3.09. The molecule has 3 nitrogen and oxygen atoms in total. The fourth-order valence-corrected chi connectivity index (χ4v) is 2.47. The van der Waals surface area contributed by atoms with Crippen molar-refractivity contribution >= 4 is 23.3 Å². The molecular weight excluding hydrogens is 242 g/mol. The molecule has 18 heavy (non-hydrogen) atoms. The Hall–Kier alpha value is -1.94. The molecule has 0 aliphatic rings. The molecule has 0 aliphatic heterocycles. The van der Waals surface area contributed by atoms with Crippen LogP contribution in [0.5, 0.6) is 0 Å². The van der Waals surface area contributed by atoms with Crippen LogP contribution >= 0.6 is 12.2 Å². The zero-order chi connectivity index (χ0) is 12.7. The monoisotopic (exact) mass is 255 g/mol. The van der Waals surface area contributed by atoms with Crippen LogP contribution in [0.3, 0.4) is 0 Å². The molecule has 0 amide bonds. The van der Waals surface area contributed by atoms with Crippen molar-refractivity contribution in [2.75, 3.05) is 0 Å². The average Bonchev–Trinajstić information content (AvgIpc) is 2.68. The zero-order valence-corrected chi connectivity index (χ0v) is 11.1. The molecule has 1 aromatic carbocycles. The maximum atomic E-state index is 5.42. The van der Waals surface area contributed by atoms with E-state index in [1.807, 2.05) is 6.07 Å². The number of H-pyrrole nitrogens is 1. The van der Waals surface area contributed by atoms with E-state index in [4.69, 9.17) is 12.2 Å². The summed E-state index contributed by atoms with van der Waals surface area (Å²) in [6.07, 6.45) is 3.58. The first kappa shape index (κ1) is 11.2. The van der Waals surface area contributed by atoms with Gasteiger partial charge in [-0.15, -0.1) is 0 Å². The first-order chi connectivity index (χ1) is 8.66. The van der Waals surface area contributed by atoms with E-state index in [9.17, 15) is 0 Å². The lowest BCUT2D eigenvalue weighted by Gasteiger charge is -2.09. The number of nitrogens with one attached hydrogen (secondary N) is 1. The van der Waals surface area contributed by atoms with E-state index in [1.165, 1.54) is 11.1 Å². The second kappa shape index (κ2) is 4.07. The molecule has 0 spiro atoms. The van der Waals surface area contributed by atoms with Crippen LogP contribution in [-0.2, 0) is 0 Å². The summed E-state index contributed by atoms with van der Waals surface area (Å²) in [6, 6.07) is 8.35. The Morgan fingerprint density at radius 2 is 2.06 bits per heavy atom. The zero-order valence-electron chi connectivity index (χ0n) is 10.3. The molecule has 3 rings (SSSR count). The molecule has 0 bridgehead atoms. The fourth-order valence-electron chi connectivity index (χ4n) is 2.16. The summed E-state index contributed by atoms with van der Waals surface area (Å²) in [5, 5.41) is 0. The van der Waals surface area contributed by atoms with Gasteiger partial charge in [-0.1, -0.05) is 12.1 Å². The second-order valence-corrected chi connectivity index (χ2v) is 4.84. The van der Waals surface area contributed by atoms with E-state index in [0.29, 0.717) is 4.77 Å². The van der Waals surface area contributed by atoms with Crippen LogP contribution in [0.15, 0.2) is 36.7 Å². The minimum atomic E-state index is 0.701. The quantitative estimate of drug-likeness (QED) is 0.673. The topological polar surface area (TPSA) is 33.6 Å². The number of fused-ring (bicyclic) bond motifs is 1. The maximum Gasteiger partial charge on any atom is 0.182 e. The summed E-state index contributed by atoms with van der Waals surface area (Å²) in [5.74, 6) is 0. The Kier molecular flexibility index (Phi) is 2.52. The molecule has 2 heterocycles. The molecule has 4 heteroatoms. The average molecular weight is 255 g/mol. The van der Waals surface area contributed by atoms with Crippen molar-refractivity contribution in [3.63, 3.8) is 0 Å². The van der Waals surface area contributed by atoms with Gasteiger partial charge in [-0.25, -0.2) is 0 Å². The van der Waals surface area contributed by atoms with Gasteiger partial charge < -0.3 is 4.98 Å². The minimum Gasteiger partial charge on any atom is -0.329 e. The normalized spacial score (nSPS) is 11.0. The predicted octanol–water partition coefficient (Wildman–Crippen LogP) is 3.70. The third kappa shape index (κ3) is 1.66. The lowest BCUT2D eigenvalue weighted by Crippen LogP contribution is -1.97. The van der Waals surface area contributed by atoms with Crippen molar-refractivity contribution < 1.29 is 0 Å². The van der Waals surface area contributed by atoms with Gasteiger partial charge in [-0.3, -0.25) is 9.55 Å². The van der Waals surface area contributed by atoms with Gasteiger partial charge in [0.1, 0.15) is 0 Å². The second-order valence-electron chi connectivity index (χ2n) is 4.45. The van der Waals surface area contributed by atoms with Crippen molar-refractivity contribution in [3.05, 3.63) is 52.6 Å². The molecular formula is C14H13N3S. The number of imidazole rings is 1. The van der Waals surface area contributed by atoms with E-state index < -0.39 is 0 Å². The SMILES string of the molecule is Cc1ccc(C)c(-n2c(=S)[nH]c3cnccc32)c1. The van der Waals surface area contributed by atoms with E-state index in [-0.39, 0.29) is 0 Å². The highest BCUT2D eigenvalue weighted by atomic mass is 32.1. The largest absolute Gasteiger partial charge is 0.329 e. The number of rotatable bonds is 1. The number of hydrogen-bond acceptors (Lipinski definition) is 2. The van der Waals surface area contributed by atoms with E-state index in [1.54, 1.807) is 12.4 Å². The summed E-state index contributed by atoms with van der Waals surface area (Å²) in [4.78, 5) is 7.30. The number of aromatic amines is 1.